The zero-order chi connectivity index (χ0) is 35.7. The Morgan fingerprint density at radius 1 is 1.09 bits per heavy atom. The van der Waals surface area contributed by atoms with Crippen molar-refractivity contribution in [3.05, 3.63) is 83.0 Å². The molecule has 1 amide bonds. The second kappa shape index (κ2) is 21.4. The average Bonchev–Trinajstić information content (AvgIpc) is 3.02. The molecule has 0 fully saturated rings. The summed E-state index contributed by atoms with van der Waals surface area (Å²) in [5, 5.41) is 49.3. The molecule has 47 heavy (non-hydrogen) atoms. The van der Waals surface area contributed by atoms with Gasteiger partial charge in [0.15, 0.2) is 5.78 Å². The highest BCUT2D eigenvalue weighted by Crippen LogP contribution is 2.24. The van der Waals surface area contributed by atoms with Crippen molar-refractivity contribution in [2.24, 2.45) is 11.7 Å². The van der Waals surface area contributed by atoms with Crippen molar-refractivity contribution in [1.82, 2.24) is 0 Å². The number of Topliss-reactive ketones (excluding diaryl/α,β-unsaturated/α-hetero) is 1. The van der Waals surface area contributed by atoms with Gasteiger partial charge in [-0.05, 0) is 31.9 Å². The SMILES string of the molecule is CC/C=C/C(OC(N)=O)C(Cl)C(O)CC(=O)C(O)C(O)C(C)/C(Cl)=C/C=C/C=C(C)/C=C/C=C/C(=O)OC1CC(C(=O)O)=CCC1O. The molecule has 0 saturated carbocycles. The number of alkyl halides is 1. The number of aliphatic carboxylic acids is 1. The fraction of sp³-hybridized carbons (Fsp3) is 0.455. The third kappa shape index (κ3) is 15.3. The lowest BCUT2D eigenvalue weighted by molar-refractivity contribution is -0.150. The van der Waals surface area contributed by atoms with Crippen LogP contribution in [0.3, 0.4) is 0 Å². The van der Waals surface area contributed by atoms with Crippen LogP contribution in [0.5, 0.6) is 0 Å². The van der Waals surface area contributed by atoms with Crippen molar-refractivity contribution in [2.45, 2.75) is 88.5 Å². The molecule has 1 rings (SSSR count). The van der Waals surface area contributed by atoms with Crippen molar-refractivity contribution in [3.63, 3.8) is 0 Å². The number of amides is 1. The van der Waals surface area contributed by atoms with E-state index in [2.05, 4.69) is 0 Å². The summed E-state index contributed by atoms with van der Waals surface area (Å²) in [6, 6.07) is 0. The molecule has 260 valence electrons. The number of hydrogen-bond donors (Lipinski definition) is 6. The number of esters is 1. The maximum Gasteiger partial charge on any atom is 0.405 e. The number of carboxylic acid groups (broad SMARTS) is 1. The van der Waals surface area contributed by atoms with Crippen LogP contribution in [0.2, 0.25) is 0 Å². The topological polar surface area (TPSA) is 214 Å². The van der Waals surface area contributed by atoms with Gasteiger partial charge in [-0.15, -0.1) is 11.6 Å². The van der Waals surface area contributed by atoms with E-state index in [1.165, 1.54) is 31.2 Å². The summed E-state index contributed by atoms with van der Waals surface area (Å²) in [5.74, 6) is -3.61. The zero-order valence-electron chi connectivity index (χ0n) is 26.3. The van der Waals surface area contributed by atoms with Crippen molar-refractivity contribution in [3.8, 4) is 0 Å². The number of carboxylic acids is 1. The Hall–Kier alpha value is -3.52. The summed E-state index contributed by atoms with van der Waals surface area (Å²) in [6.45, 7) is 5.11. The van der Waals surface area contributed by atoms with Crippen LogP contribution in [0.15, 0.2) is 83.0 Å². The Balaban J connectivity index is 2.66. The monoisotopic (exact) mass is 699 g/mol. The van der Waals surface area contributed by atoms with Gasteiger partial charge in [0.25, 0.3) is 0 Å². The molecular weight excluding hydrogens is 657 g/mol. The molecule has 12 nitrogen and oxygen atoms in total. The molecule has 1 aliphatic carbocycles. The fourth-order valence-electron chi connectivity index (χ4n) is 4.14. The lowest BCUT2D eigenvalue weighted by Crippen LogP contribution is -2.43. The van der Waals surface area contributed by atoms with Crippen LogP contribution < -0.4 is 5.73 Å². The molecule has 14 heteroatoms. The molecule has 0 aliphatic heterocycles. The van der Waals surface area contributed by atoms with Gasteiger partial charge in [0.1, 0.15) is 23.7 Å². The molecule has 0 saturated heterocycles. The van der Waals surface area contributed by atoms with Gasteiger partial charge in [-0.1, -0.05) is 79.6 Å². The van der Waals surface area contributed by atoms with Crippen LogP contribution in [-0.4, -0.2) is 91.3 Å². The maximum atomic E-state index is 12.6. The summed E-state index contributed by atoms with van der Waals surface area (Å²) in [5.41, 5.74) is 5.90. The van der Waals surface area contributed by atoms with E-state index >= 15 is 0 Å². The highest BCUT2D eigenvalue weighted by molar-refractivity contribution is 6.30. The Labute approximate surface area is 283 Å². The van der Waals surface area contributed by atoms with E-state index in [-0.39, 0.29) is 23.4 Å². The van der Waals surface area contributed by atoms with Gasteiger partial charge in [0, 0.05) is 35.4 Å². The van der Waals surface area contributed by atoms with Crippen molar-refractivity contribution in [2.75, 3.05) is 0 Å². The minimum absolute atomic E-state index is 0.0805. The highest BCUT2D eigenvalue weighted by atomic mass is 35.5. The normalized spacial score (nSPS) is 21.8. The van der Waals surface area contributed by atoms with Gasteiger partial charge in [-0.3, -0.25) is 4.79 Å². The number of aliphatic hydroxyl groups excluding tert-OH is 4. The Kier molecular flexibility index (Phi) is 18.9. The number of aliphatic hydroxyl groups is 4. The molecule has 8 unspecified atom stereocenters. The number of carbonyl (C=O) groups excluding carboxylic acids is 3. The lowest BCUT2D eigenvalue weighted by atomic mass is 9.93. The predicted octanol–water partition coefficient (Wildman–Crippen LogP) is 3.52. The van der Waals surface area contributed by atoms with Gasteiger partial charge >= 0.3 is 18.0 Å². The summed E-state index contributed by atoms with van der Waals surface area (Å²) in [6.07, 6.45) is 7.49. The number of rotatable bonds is 18. The van der Waals surface area contributed by atoms with E-state index in [1.54, 1.807) is 43.4 Å². The quantitative estimate of drug-likeness (QED) is 0.0400. The first-order valence-corrected chi connectivity index (χ1v) is 15.6. The molecule has 0 aromatic rings. The zero-order valence-corrected chi connectivity index (χ0v) is 27.8. The fourth-order valence-corrected chi connectivity index (χ4v) is 4.56. The number of primary amides is 1. The smallest absolute Gasteiger partial charge is 0.405 e. The number of ether oxygens (including phenoxy) is 2. The molecule has 0 radical (unpaired) electrons. The van der Waals surface area contributed by atoms with E-state index in [0.29, 0.717) is 6.42 Å². The van der Waals surface area contributed by atoms with Crippen LogP contribution in [0.1, 0.15) is 46.5 Å². The summed E-state index contributed by atoms with van der Waals surface area (Å²) in [4.78, 5) is 46.9. The van der Waals surface area contributed by atoms with Gasteiger partial charge in [0.2, 0.25) is 0 Å². The summed E-state index contributed by atoms with van der Waals surface area (Å²) < 4.78 is 10.0. The summed E-state index contributed by atoms with van der Waals surface area (Å²) >= 11 is 12.5. The molecule has 0 aromatic heterocycles. The number of halogens is 2. The molecule has 0 aromatic carbocycles. The standard InChI is InChI=1S/C33H43Cl2NO11/c1-4-5-13-26(47-33(36)45)29(35)24(38)18-25(39)31(42)30(41)20(3)22(34)12-8-6-10-19(2)11-7-9-14-28(40)46-27-17-21(32(43)44)15-16-23(27)37/h5-15,20,23-24,26-27,29-31,37-38,41-42H,4,16-18H2,1-3H3,(H2,36,45)(H,43,44)/b8-6+,11-7+,13-5+,14-9+,19-10+,22-12-. The second-order valence-electron chi connectivity index (χ2n) is 10.7. The van der Waals surface area contributed by atoms with Crippen LogP contribution >= 0.6 is 23.2 Å². The number of allylic oxidation sites excluding steroid dienone is 9. The molecular formula is C33H43Cl2NO11. The second-order valence-corrected chi connectivity index (χ2v) is 11.7. The Morgan fingerprint density at radius 2 is 1.72 bits per heavy atom. The van der Waals surface area contributed by atoms with E-state index in [9.17, 15) is 39.6 Å². The van der Waals surface area contributed by atoms with Gasteiger partial charge in [-0.2, -0.15) is 0 Å². The first-order chi connectivity index (χ1) is 22.1. The molecule has 0 spiro atoms. The Bertz CT molecular complexity index is 1300. The minimum atomic E-state index is -1.89. The minimum Gasteiger partial charge on any atom is -0.478 e. The van der Waals surface area contributed by atoms with Crippen LogP contribution in [0, 0.1) is 5.92 Å². The van der Waals surface area contributed by atoms with Gasteiger partial charge < -0.3 is 40.7 Å². The van der Waals surface area contributed by atoms with Crippen molar-refractivity contribution >= 4 is 47.0 Å². The first kappa shape index (κ1) is 41.5. The van der Waals surface area contributed by atoms with Crippen LogP contribution in [0.4, 0.5) is 4.79 Å². The maximum absolute atomic E-state index is 12.6. The van der Waals surface area contributed by atoms with Gasteiger partial charge in [-0.25, -0.2) is 14.4 Å². The Morgan fingerprint density at radius 3 is 2.34 bits per heavy atom. The molecule has 0 heterocycles. The van der Waals surface area contributed by atoms with E-state index in [1.807, 2.05) is 6.92 Å². The van der Waals surface area contributed by atoms with Crippen LogP contribution in [-0.2, 0) is 23.9 Å². The molecule has 7 N–H and O–H groups in total. The third-order valence-electron chi connectivity index (χ3n) is 6.93. The van der Waals surface area contributed by atoms with Crippen LogP contribution in [0.25, 0.3) is 0 Å². The molecule has 0 bridgehead atoms. The number of carbonyl (C=O) groups is 4. The van der Waals surface area contributed by atoms with E-state index < -0.39 is 78.2 Å². The van der Waals surface area contributed by atoms with E-state index in [0.717, 1.165) is 11.6 Å². The van der Waals surface area contributed by atoms with E-state index in [4.69, 9.17) is 43.5 Å². The largest absolute Gasteiger partial charge is 0.478 e. The highest BCUT2D eigenvalue weighted by Gasteiger charge is 2.35. The van der Waals surface area contributed by atoms with Gasteiger partial charge in [0.05, 0.1) is 18.3 Å². The number of ketones is 1. The first-order valence-electron chi connectivity index (χ1n) is 14.8. The summed E-state index contributed by atoms with van der Waals surface area (Å²) in [7, 11) is 0. The average molecular weight is 701 g/mol. The lowest BCUT2D eigenvalue weighted by Gasteiger charge is -2.26. The van der Waals surface area contributed by atoms with Crippen molar-refractivity contribution in [1.29, 1.82) is 0 Å². The molecule has 1 aliphatic rings. The predicted molar refractivity (Wildman–Crippen MR) is 176 cm³/mol. The number of hydrogen-bond acceptors (Lipinski definition) is 10. The molecule has 8 atom stereocenters. The number of nitrogens with two attached hydrogens (primary N) is 1. The van der Waals surface area contributed by atoms with Crippen molar-refractivity contribution < 1.29 is 54.2 Å². The third-order valence-corrected chi connectivity index (χ3v) is 7.94.